The second kappa shape index (κ2) is 15.5. The summed E-state index contributed by atoms with van der Waals surface area (Å²) in [7, 11) is 0. The van der Waals surface area contributed by atoms with E-state index >= 15 is 0 Å². The number of aromatic amines is 1. The number of nitrogens with one attached hydrogen (secondary N) is 3. The first-order chi connectivity index (χ1) is 23.7. The van der Waals surface area contributed by atoms with E-state index in [4.69, 9.17) is 5.73 Å². The number of carbonyl (C=O) groups excluding carboxylic acids is 3. The van der Waals surface area contributed by atoms with Crippen molar-refractivity contribution in [1.29, 1.82) is 0 Å². The monoisotopic (exact) mass is 795 g/mol. The fraction of sp³-hybridized carbons (Fsp3) is 0.382. The number of hydrogen-bond acceptors (Lipinski definition) is 7. The lowest BCUT2D eigenvalue weighted by atomic mass is 10.0. The number of piperidine rings is 1. The zero-order chi connectivity index (χ0) is 34.5. The van der Waals surface area contributed by atoms with Gasteiger partial charge in [0.2, 0.25) is 11.8 Å². The smallest absolute Gasteiger partial charge is 0.326 e. The van der Waals surface area contributed by atoms with Crippen LogP contribution in [0, 0.1) is 0 Å². The number of hydrogen-bond donors (Lipinski definition) is 4. The van der Waals surface area contributed by atoms with Crippen LogP contribution in [-0.2, 0) is 16.0 Å². The fourth-order valence-electron chi connectivity index (χ4n) is 6.55. The van der Waals surface area contributed by atoms with Crippen molar-refractivity contribution in [2.75, 3.05) is 56.4 Å². The molecule has 2 fully saturated rings. The van der Waals surface area contributed by atoms with Crippen molar-refractivity contribution in [3.05, 3.63) is 85.9 Å². The van der Waals surface area contributed by atoms with Gasteiger partial charge in [0, 0.05) is 91.7 Å². The summed E-state index contributed by atoms with van der Waals surface area (Å²) in [4.78, 5) is 65.5. The van der Waals surface area contributed by atoms with Crippen LogP contribution in [0.2, 0.25) is 0 Å². The zero-order valence-electron chi connectivity index (χ0n) is 26.9. The molecule has 1 atom stereocenters. The van der Waals surface area contributed by atoms with E-state index in [0.717, 1.165) is 35.4 Å². The number of benzene rings is 2. The van der Waals surface area contributed by atoms with Gasteiger partial charge in [-0.05, 0) is 86.7 Å². The number of nitrogen functional groups attached to an aromatic ring is 1. The summed E-state index contributed by atoms with van der Waals surface area (Å²) >= 11 is 6.93. The van der Waals surface area contributed by atoms with Gasteiger partial charge in [0.1, 0.15) is 6.04 Å². The summed E-state index contributed by atoms with van der Waals surface area (Å²) in [6.45, 7) is 3.64. The number of imidazole rings is 1. The van der Waals surface area contributed by atoms with Crippen LogP contribution in [0.4, 0.5) is 16.2 Å². The number of likely N-dealkylation sites (tertiary alicyclic amines) is 1. The molecule has 2 aliphatic heterocycles. The second-order valence-corrected chi connectivity index (χ2v) is 14.0. The summed E-state index contributed by atoms with van der Waals surface area (Å²) in [5.74, 6) is -0.410. The van der Waals surface area contributed by atoms with Gasteiger partial charge >= 0.3 is 11.7 Å². The predicted octanol–water partition coefficient (Wildman–Crippen LogP) is 3.64. The Hall–Kier alpha value is -4.37. The highest BCUT2D eigenvalue weighted by Crippen LogP contribution is 2.30. The lowest BCUT2D eigenvalue weighted by molar-refractivity contribution is -0.131. The molecule has 5 N–H and O–H groups in total. The molecular weight excluding hydrogens is 758 g/mol. The Labute approximate surface area is 300 Å². The molecule has 2 aromatic carbocycles. The molecule has 0 unspecified atom stereocenters. The maximum atomic E-state index is 13.6. The number of rotatable bonds is 9. The molecule has 6 rings (SSSR count). The number of carbonyl (C=O) groups is 3. The number of pyridine rings is 1. The third kappa shape index (κ3) is 8.10. The number of H-pyrrole nitrogens is 1. The molecule has 0 radical (unpaired) electrons. The Balaban J connectivity index is 1.05. The van der Waals surface area contributed by atoms with E-state index in [1.54, 1.807) is 21.9 Å². The highest BCUT2D eigenvalue weighted by atomic mass is 79.9. The third-order valence-electron chi connectivity index (χ3n) is 9.23. The second-order valence-electron chi connectivity index (χ2n) is 12.3. The van der Waals surface area contributed by atoms with E-state index in [2.05, 4.69) is 57.4 Å². The Morgan fingerprint density at radius 3 is 2.31 bits per heavy atom. The zero-order valence-corrected chi connectivity index (χ0v) is 30.1. The minimum Gasteiger partial charge on any atom is -0.397 e. The molecule has 2 saturated heterocycles. The summed E-state index contributed by atoms with van der Waals surface area (Å²) < 4.78 is 3.12. The van der Waals surface area contributed by atoms with Crippen LogP contribution in [0.3, 0.4) is 0 Å². The van der Waals surface area contributed by atoms with Crippen LogP contribution in [0.15, 0.2) is 74.7 Å². The number of nitrogens with two attached hydrogens (primary N) is 1. The molecule has 4 amide bonds. The molecule has 4 heterocycles. The molecule has 0 bridgehead atoms. The molecule has 4 aromatic rings. The molecule has 258 valence electrons. The van der Waals surface area contributed by atoms with Gasteiger partial charge in [0.25, 0.3) is 0 Å². The van der Waals surface area contributed by atoms with E-state index in [1.165, 1.54) is 0 Å². The van der Waals surface area contributed by atoms with Crippen molar-refractivity contribution in [2.24, 2.45) is 0 Å². The maximum Gasteiger partial charge on any atom is 0.326 e. The summed E-state index contributed by atoms with van der Waals surface area (Å²) in [6, 6.07) is 13.8. The molecule has 2 aromatic heterocycles. The van der Waals surface area contributed by atoms with Gasteiger partial charge in [-0.15, -0.1) is 0 Å². The summed E-state index contributed by atoms with van der Waals surface area (Å²) in [5, 5.41) is 5.81. The number of para-hydroxylation sites is 2. The highest BCUT2D eigenvalue weighted by Gasteiger charge is 2.30. The van der Waals surface area contributed by atoms with Crippen LogP contribution in [0.1, 0.15) is 30.9 Å². The normalized spacial score (nSPS) is 16.1. The molecule has 0 saturated carbocycles. The van der Waals surface area contributed by atoms with Crippen molar-refractivity contribution < 1.29 is 14.4 Å². The molecule has 2 aliphatic rings. The molecular formula is C34H39Br2N9O4. The van der Waals surface area contributed by atoms with Gasteiger partial charge in [-0.25, -0.2) is 9.59 Å². The van der Waals surface area contributed by atoms with Crippen molar-refractivity contribution in [1.82, 2.24) is 35.0 Å². The van der Waals surface area contributed by atoms with Crippen molar-refractivity contribution in [2.45, 2.75) is 37.8 Å². The molecule has 49 heavy (non-hydrogen) atoms. The van der Waals surface area contributed by atoms with Gasteiger partial charge < -0.3 is 36.1 Å². The topological polar surface area (TPSA) is 162 Å². The number of amides is 4. The van der Waals surface area contributed by atoms with E-state index in [1.807, 2.05) is 53.4 Å². The Morgan fingerprint density at radius 1 is 0.939 bits per heavy atom. The molecule has 0 spiro atoms. The quantitative estimate of drug-likeness (QED) is 0.188. The number of anilines is 2. The number of urea groups is 1. The van der Waals surface area contributed by atoms with Gasteiger partial charge in [-0.1, -0.05) is 12.1 Å². The molecule has 13 nitrogen and oxygen atoms in total. The predicted molar refractivity (Wildman–Crippen MR) is 195 cm³/mol. The highest BCUT2D eigenvalue weighted by molar-refractivity contribution is 9.11. The van der Waals surface area contributed by atoms with E-state index in [-0.39, 0.29) is 49.0 Å². The van der Waals surface area contributed by atoms with Gasteiger partial charge in [-0.2, -0.15) is 0 Å². The van der Waals surface area contributed by atoms with Crippen molar-refractivity contribution >= 4 is 72.1 Å². The van der Waals surface area contributed by atoms with Gasteiger partial charge in [-0.3, -0.25) is 19.1 Å². The number of fused-ring (bicyclic) bond motifs is 1. The van der Waals surface area contributed by atoms with Crippen molar-refractivity contribution in [3.8, 4) is 0 Å². The average molecular weight is 798 g/mol. The average Bonchev–Trinajstić information content (AvgIpc) is 3.46. The minimum absolute atomic E-state index is 0.0289. The maximum absolute atomic E-state index is 13.6. The molecule has 0 aliphatic carbocycles. The van der Waals surface area contributed by atoms with Crippen molar-refractivity contribution in [3.63, 3.8) is 0 Å². The third-order valence-corrected chi connectivity index (χ3v) is 10.5. The van der Waals surface area contributed by atoms with Crippen LogP contribution < -0.4 is 27.0 Å². The first-order valence-electron chi connectivity index (χ1n) is 16.4. The van der Waals surface area contributed by atoms with E-state index < -0.39 is 6.04 Å². The van der Waals surface area contributed by atoms with Gasteiger partial charge in [0.15, 0.2) is 0 Å². The number of nitrogens with zero attached hydrogens (tertiary/aromatic N) is 5. The van der Waals surface area contributed by atoms with Crippen LogP contribution in [-0.4, -0.2) is 94.0 Å². The number of piperazine rings is 1. The minimum atomic E-state index is -0.900. The summed E-state index contributed by atoms with van der Waals surface area (Å²) in [6.07, 6.45) is 5.08. The SMILES string of the molecule is Nc1c(Br)cc(C[C@@H](NC(=O)N2CCC(n3c(=O)[nH]c4ccccc43)CC2)C(=O)NCCC(=O)N2CCN(c3ccncc3)CC2)cc1Br. The standard InChI is InChI=1S/C34H39Br2N9O4/c35-25-19-22(20-26(36)31(25)37)21-28(32(47)39-12-7-30(46)43-17-15-42(16-18-43)23-5-10-38-11-6-23)41-33(48)44-13-8-24(9-14-44)45-29-4-2-1-3-27(29)40-34(45)49/h1-6,10-11,19-20,24,28H,7-9,12-18,21,37H2,(H,39,47)(H,40,49)(H,41,48)/t28-/m1/s1. The fourth-order valence-corrected chi connectivity index (χ4v) is 7.83. The first-order valence-corrected chi connectivity index (χ1v) is 17.9. The van der Waals surface area contributed by atoms with Gasteiger partial charge in [0.05, 0.1) is 16.7 Å². The Kier molecular flexibility index (Phi) is 10.9. The number of aromatic nitrogens is 3. The number of halogens is 2. The molecule has 15 heteroatoms. The Morgan fingerprint density at radius 2 is 1.61 bits per heavy atom. The summed E-state index contributed by atoms with van der Waals surface area (Å²) in [5.41, 5.74) is 9.96. The van der Waals surface area contributed by atoms with E-state index in [9.17, 15) is 19.2 Å². The lowest BCUT2D eigenvalue weighted by Crippen LogP contribution is -2.54. The Bertz CT molecular complexity index is 1840. The van der Waals surface area contributed by atoms with Crippen LogP contribution in [0.5, 0.6) is 0 Å². The van der Waals surface area contributed by atoms with Crippen LogP contribution >= 0.6 is 31.9 Å². The largest absolute Gasteiger partial charge is 0.397 e. The van der Waals surface area contributed by atoms with E-state index in [0.29, 0.717) is 53.7 Å². The van der Waals surface area contributed by atoms with Crippen LogP contribution in [0.25, 0.3) is 11.0 Å². The lowest BCUT2D eigenvalue weighted by Gasteiger charge is -2.36. The first kappa shape index (κ1) is 34.5.